The highest BCUT2D eigenvalue weighted by Gasteiger charge is 2.27. The molecule has 0 aliphatic heterocycles. The minimum absolute atomic E-state index is 0.151. The third-order valence-corrected chi connectivity index (χ3v) is 5.90. The summed E-state index contributed by atoms with van der Waals surface area (Å²) < 4.78 is 6.42. The number of hydrogen-bond donors (Lipinski definition) is 1. The fourth-order valence-corrected chi connectivity index (χ4v) is 4.24. The fourth-order valence-electron chi connectivity index (χ4n) is 2.96. The van der Waals surface area contributed by atoms with Gasteiger partial charge in [0.15, 0.2) is 5.01 Å². The van der Waals surface area contributed by atoms with Gasteiger partial charge < -0.3 is 15.4 Å². The molecule has 0 fully saturated rings. The van der Waals surface area contributed by atoms with E-state index in [1.165, 1.54) is 11.3 Å². The maximum atomic E-state index is 11.9. The van der Waals surface area contributed by atoms with Gasteiger partial charge >= 0.3 is 0 Å². The number of aromatic nitrogens is 4. The minimum atomic E-state index is -0.574. The molecule has 10 heteroatoms. The smallest absolute Gasteiger partial charge is 0.277 e. The second kappa shape index (κ2) is 10.1. The largest absolute Gasteiger partial charge is 0.477 e. The van der Waals surface area contributed by atoms with E-state index in [0.717, 1.165) is 28.0 Å². The Bertz CT molecular complexity index is 1030. The van der Waals surface area contributed by atoms with Gasteiger partial charge in [-0.1, -0.05) is 15.9 Å². The number of rotatable bonds is 9. The fraction of sp³-hybridized carbons (Fsp3) is 0.350. The molecule has 158 valence electrons. The molecule has 0 radical (unpaired) electrons. The highest BCUT2D eigenvalue weighted by atomic mass is 79.9. The monoisotopic (exact) mass is 490 g/mol. The van der Waals surface area contributed by atoms with Gasteiger partial charge in [0.05, 0.1) is 35.3 Å². The van der Waals surface area contributed by atoms with Crippen molar-refractivity contribution in [2.45, 2.75) is 19.3 Å². The summed E-state index contributed by atoms with van der Waals surface area (Å²) in [5.74, 6) is -0.308. The average molecular weight is 491 g/mol. The average Bonchev–Trinajstić information content (AvgIpc) is 3.14. The maximum absolute atomic E-state index is 11.9. The van der Waals surface area contributed by atoms with Gasteiger partial charge in [-0.2, -0.15) is 0 Å². The van der Waals surface area contributed by atoms with Crippen LogP contribution in [-0.4, -0.2) is 58.0 Å². The molecule has 3 aromatic rings. The molecule has 3 aromatic heterocycles. The molecule has 1 unspecified atom stereocenters. The molecule has 3 heterocycles. The quantitative estimate of drug-likeness (QED) is 0.489. The molecule has 3 rings (SSSR count). The Morgan fingerprint density at radius 3 is 2.80 bits per heavy atom. The number of thiazole rings is 1. The van der Waals surface area contributed by atoms with Gasteiger partial charge in [-0.15, -0.1) is 11.3 Å². The minimum Gasteiger partial charge on any atom is -0.477 e. The Kier molecular flexibility index (Phi) is 7.46. The van der Waals surface area contributed by atoms with Crippen LogP contribution in [0.2, 0.25) is 0 Å². The number of amides is 1. The van der Waals surface area contributed by atoms with Crippen LogP contribution in [-0.2, 0) is 0 Å². The van der Waals surface area contributed by atoms with E-state index < -0.39 is 5.91 Å². The van der Waals surface area contributed by atoms with Crippen molar-refractivity contribution in [3.8, 4) is 16.5 Å². The third kappa shape index (κ3) is 5.38. The number of hydrogen-bond acceptors (Lipinski definition) is 8. The number of ether oxygens (including phenoxy) is 1. The highest BCUT2D eigenvalue weighted by molar-refractivity contribution is 9.10. The molecule has 0 bridgehead atoms. The zero-order chi connectivity index (χ0) is 21.7. The lowest BCUT2D eigenvalue weighted by atomic mass is 9.95. The van der Waals surface area contributed by atoms with E-state index in [2.05, 4.69) is 40.8 Å². The molecule has 2 N–H and O–H groups in total. The van der Waals surface area contributed by atoms with Crippen molar-refractivity contribution in [3.05, 3.63) is 51.6 Å². The van der Waals surface area contributed by atoms with Crippen molar-refractivity contribution in [1.82, 2.24) is 24.8 Å². The number of carbonyl (C=O) groups excluding carboxylic acids is 1. The number of nitrogens with two attached hydrogens (primary N) is 1. The van der Waals surface area contributed by atoms with Crippen molar-refractivity contribution in [3.63, 3.8) is 0 Å². The van der Waals surface area contributed by atoms with Gasteiger partial charge in [-0.05, 0) is 46.1 Å². The van der Waals surface area contributed by atoms with Crippen molar-refractivity contribution in [2.75, 3.05) is 27.2 Å². The van der Waals surface area contributed by atoms with Crippen LogP contribution in [0.25, 0.3) is 10.6 Å². The first kappa shape index (κ1) is 22.3. The summed E-state index contributed by atoms with van der Waals surface area (Å²) in [6.45, 7) is 3.17. The molecular weight excluding hydrogens is 468 g/mol. The Balaban J connectivity index is 2.14. The number of pyridine rings is 1. The first-order valence-electron chi connectivity index (χ1n) is 9.41. The lowest BCUT2D eigenvalue weighted by Gasteiger charge is -2.19. The van der Waals surface area contributed by atoms with Crippen LogP contribution in [0.4, 0.5) is 0 Å². The van der Waals surface area contributed by atoms with Crippen molar-refractivity contribution < 1.29 is 9.53 Å². The molecule has 0 spiro atoms. The summed E-state index contributed by atoms with van der Waals surface area (Å²) in [6.07, 6.45) is 5.70. The maximum Gasteiger partial charge on any atom is 0.277 e. The van der Waals surface area contributed by atoms with Gasteiger partial charge in [0, 0.05) is 16.6 Å². The van der Waals surface area contributed by atoms with Crippen LogP contribution >= 0.6 is 27.3 Å². The molecule has 1 amide bonds. The van der Waals surface area contributed by atoms with E-state index in [1.807, 2.05) is 33.2 Å². The number of nitrogens with zero attached hydrogens (tertiary/aromatic N) is 5. The molecule has 0 aliphatic rings. The van der Waals surface area contributed by atoms with Crippen LogP contribution in [0.5, 0.6) is 5.88 Å². The molecule has 1 atom stereocenters. The summed E-state index contributed by atoms with van der Waals surface area (Å²) >= 11 is 4.73. The predicted octanol–water partition coefficient (Wildman–Crippen LogP) is 3.34. The van der Waals surface area contributed by atoms with Gasteiger partial charge in [0.1, 0.15) is 5.69 Å². The van der Waals surface area contributed by atoms with E-state index in [1.54, 1.807) is 18.6 Å². The SMILES string of the molecule is CCOc1cncc(-c2sc(C(N)=O)nc2C(CCN(C)C)c2cc(Br)ccn2)n1. The molecule has 8 nitrogen and oxygen atoms in total. The summed E-state index contributed by atoms with van der Waals surface area (Å²) in [6, 6.07) is 3.84. The lowest BCUT2D eigenvalue weighted by Crippen LogP contribution is -2.18. The Hall–Kier alpha value is -2.43. The Morgan fingerprint density at radius 2 is 2.13 bits per heavy atom. The summed E-state index contributed by atoms with van der Waals surface area (Å²) in [5, 5.41) is 0.230. The normalized spacial score (nSPS) is 12.2. The van der Waals surface area contributed by atoms with E-state index in [4.69, 9.17) is 10.5 Å². The van der Waals surface area contributed by atoms with Crippen molar-refractivity contribution >= 4 is 33.2 Å². The summed E-state index contributed by atoms with van der Waals surface area (Å²) in [5.41, 5.74) is 7.70. The van der Waals surface area contributed by atoms with Crippen LogP contribution in [0.15, 0.2) is 35.2 Å². The third-order valence-electron chi connectivity index (χ3n) is 4.30. The first-order chi connectivity index (χ1) is 14.4. The van der Waals surface area contributed by atoms with E-state index in [9.17, 15) is 4.79 Å². The number of halogens is 1. The number of carbonyl (C=O) groups is 1. The van der Waals surface area contributed by atoms with E-state index in [0.29, 0.717) is 23.9 Å². The molecule has 0 saturated heterocycles. The van der Waals surface area contributed by atoms with Crippen molar-refractivity contribution in [1.29, 1.82) is 0 Å². The summed E-state index contributed by atoms with van der Waals surface area (Å²) in [4.78, 5) is 32.7. The predicted molar refractivity (Wildman–Crippen MR) is 120 cm³/mol. The van der Waals surface area contributed by atoms with Crippen LogP contribution in [0.1, 0.15) is 40.5 Å². The lowest BCUT2D eigenvalue weighted by molar-refractivity contribution is 0.0999. The van der Waals surface area contributed by atoms with Gasteiger partial charge in [-0.25, -0.2) is 9.97 Å². The zero-order valence-electron chi connectivity index (χ0n) is 17.0. The highest BCUT2D eigenvalue weighted by Crippen LogP contribution is 2.38. The van der Waals surface area contributed by atoms with Crippen molar-refractivity contribution in [2.24, 2.45) is 5.73 Å². The second-order valence-electron chi connectivity index (χ2n) is 6.82. The molecule has 0 aliphatic carbocycles. The molecule has 0 aromatic carbocycles. The number of primary amides is 1. The molecular formula is C20H23BrN6O2S. The van der Waals surface area contributed by atoms with E-state index >= 15 is 0 Å². The summed E-state index contributed by atoms with van der Waals surface area (Å²) in [7, 11) is 4.03. The van der Waals surface area contributed by atoms with E-state index in [-0.39, 0.29) is 10.9 Å². The zero-order valence-corrected chi connectivity index (χ0v) is 19.4. The van der Waals surface area contributed by atoms with Crippen LogP contribution < -0.4 is 10.5 Å². The standard InChI is InChI=1S/C20H23BrN6O2S/c1-4-29-16-11-23-10-15(25-16)18-17(26-20(30-18)19(22)28)13(6-8-27(2)3)14-9-12(21)5-7-24-14/h5,7,9-11,13H,4,6,8H2,1-3H3,(H2,22,28). The second-order valence-corrected chi connectivity index (χ2v) is 8.73. The van der Waals surface area contributed by atoms with Crippen LogP contribution in [0, 0.1) is 0 Å². The van der Waals surface area contributed by atoms with Crippen LogP contribution in [0.3, 0.4) is 0 Å². The first-order valence-corrected chi connectivity index (χ1v) is 11.0. The Morgan fingerprint density at radius 1 is 1.33 bits per heavy atom. The molecule has 30 heavy (non-hydrogen) atoms. The Labute approximate surface area is 187 Å². The van der Waals surface area contributed by atoms with Gasteiger partial charge in [0.25, 0.3) is 5.91 Å². The van der Waals surface area contributed by atoms with Gasteiger partial charge in [0.2, 0.25) is 5.88 Å². The topological polar surface area (TPSA) is 107 Å². The molecule has 0 saturated carbocycles. The van der Waals surface area contributed by atoms with Gasteiger partial charge in [-0.3, -0.25) is 14.8 Å².